The highest BCUT2D eigenvalue weighted by molar-refractivity contribution is 9.10. The second-order valence-corrected chi connectivity index (χ2v) is 12.7. The number of nitrogens with one attached hydrogen (secondary N) is 1. The van der Waals surface area contributed by atoms with E-state index in [1.807, 2.05) is 38.1 Å². The Labute approximate surface area is 232 Å². The second-order valence-electron chi connectivity index (χ2n) is 9.00. The lowest BCUT2D eigenvalue weighted by atomic mass is 10.1. The number of hydrogen-bond donors (Lipinski definition) is 1. The average molecular weight is 621 g/mol. The van der Waals surface area contributed by atoms with Gasteiger partial charge in [-0.05, 0) is 55.2 Å². The maximum Gasteiger partial charge on any atom is 0.242 e. The summed E-state index contributed by atoms with van der Waals surface area (Å²) in [6.45, 7) is 6.47. The summed E-state index contributed by atoms with van der Waals surface area (Å²) >= 11 is 15.7. The molecule has 0 aliphatic rings. The Morgan fingerprint density at radius 2 is 1.69 bits per heavy atom. The number of benzene rings is 2. The minimum Gasteiger partial charge on any atom is -0.354 e. The van der Waals surface area contributed by atoms with Gasteiger partial charge in [0.1, 0.15) is 6.04 Å². The van der Waals surface area contributed by atoms with Gasteiger partial charge >= 0.3 is 0 Å². The van der Waals surface area contributed by atoms with Crippen molar-refractivity contribution in [2.75, 3.05) is 23.7 Å². The largest absolute Gasteiger partial charge is 0.354 e. The lowest BCUT2D eigenvalue weighted by Gasteiger charge is -2.30. The van der Waals surface area contributed by atoms with Crippen molar-refractivity contribution >= 4 is 66.7 Å². The van der Waals surface area contributed by atoms with Crippen LogP contribution in [0.3, 0.4) is 0 Å². The SMILES string of the molecule is CC(C)CNC(=O)C(C)N(Cc1ccc(Br)cc1)C(=O)CCCN(c1cc(Cl)ccc1Cl)S(C)(=O)=O. The molecule has 1 atom stereocenters. The third-order valence-corrected chi connectivity index (χ3v) is 7.71. The topological polar surface area (TPSA) is 86.8 Å². The van der Waals surface area contributed by atoms with Crippen LogP contribution in [-0.4, -0.2) is 50.5 Å². The quantitative estimate of drug-likeness (QED) is 0.340. The van der Waals surface area contributed by atoms with Crippen molar-refractivity contribution in [2.45, 2.75) is 46.2 Å². The van der Waals surface area contributed by atoms with Crippen molar-refractivity contribution in [3.05, 3.63) is 62.5 Å². The van der Waals surface area contributed by atoms with Crippen LogP contribution >= 0.6 is 39.1 Å². The van der Waals surface area contributed by atoms with E-state index in [4.69, 9.17) is 23.2 Å². The Morgan fingerprint density at radius 1 is 1.06 bits per heavy atom. The minimum absolute atomic E-state index is 0.0324. The number of carbonyl (C=O) groups is 2. The Morgan fingerprint density at radius 3 is 2.28 bits per heavy atom. The van der Waals surface area contributed by atoms with E-state index in [9.17, 15) is 18.0 Å². The van der Waals surface area contributed by atoms with Crippen LogP contribution in [0, 0.1) is 5.92 Å². The molecule has 2 aromatic carbocycles. The number of hydrogen-bond acceptors (Lipinski definition) is 4. The zero-order chi connectivity index (χ0) is 27.0. The Balaban J connectivity index is 2.18. The maximum atomic E-state index is 13.3. The van der Waals surface area contributed by atoms with E-state index in [1.54, 1.807) is 13.0 Å². The molecule has 36 heavy (non-hydrogen) atoms. The number of carbonyl (C=O) groups excluding carboxylic acids is 2. The van der Waals surface area contributed by atoms with Crippen LogP contribution in [0.4, 0.5) is 5.69 Å². The lowest BCUT2D eigenvalue weighted by molar-refractivity contribution is -0.140. The number of nitrogens with zero attached hydrogens (tertiary/aromatic N) is 2. The maximum absolute atomic E-state index is 13.3. The van der Waals surface area contributed by atoms with E-state index < -0.39 is 16.1 Å². The fourth-order valence-electron chi connectivity index (χ4n) is 3.48. The van der Waals surface area contributed by atoms with E-state index in [1.165, 1.54) is 17.0 Å². The summed E-state index contributed by atoms with van der Waals surface area (Å²) in [6, 6.07) is 11.4. The monoisotopic (exact) mass is 619 g/mol. The zero-order valence-corrected chi connectivity index (χ0v) is 24.7. The number of halogens is 3. The van der Waals surface area contributed by atoms with Gasteiger partial charge in [0.05, 0.1) is 17.0 Å². The Hall–Kier alpha value is -1.81. The first-order valence-corrected chi connectivity index (χ1v) is 14.9. The lowest BCUT2D eigenvalue weighted by Crippen LogP contribution is -2.48. The molecule has 1 unspecified atom stereocenters. The Kier molecular flexibility index (Phi) is 11.5. The van der Waals surface area contributed by atoms with Crippen LogP contribution in [0.15, 0.2) is 46.9 Å². The van der Waals surface area contributed by atoms with Crippen molar-refractivity contribution in [3.63, 3.8) is 0 Å². The van der Waals surface area contributed by atoms with Gasteiger partial charge in [0.25, 0.3) is 0 Å². The number of anilines is 1. The average Bonchev–Trinajstić information content (AvgIpc) is 2.80. The van der Waals surface area contributed by atoms with E-state index in [0.717, 1.165) is 20.6 Å². The van der Waals surface area contributed by atoms with E-state index in [2.05, 4.69) is 21.2 Å². The standard InChI is InChI=1S/C25H32BrCl2N3O4S/c1-17(2)15-29-25(33)18(3)30(16-19-7-9-20(26)10-8-19)24(32)6-5-13-31(36(4,34)35)23-14-21(27)11-12-22(23)28/h7-12,14,17-18H,5-6,13,15-16H2,1-4H3,(H,29,33). The van der Waals surface area contributed by atoms with Crippen LogP contribution in [0.25, 0.3) is 0 Å². The summed E-state index contributed by atoms with van der Waals surface area (Å²) < 4.78 is 27.0. The van der Waals surface area contributed by atoms with Crippen LogP contribution in [0.2, 0.25) is 10.0 Å². The van der Waals surface area contributed by atoms with Crippen molar-refractivity contribution in [1.29, 1.82) is 0 Å². The Bertz CT molecular complexity index is 1160. The first-order valence-electron chi connectivity index (χ1n) is 11.5. The molecular weight excluding hydrogens is 589 g/mol. The van der Waals surface area contributed by atoms with Crippen LogP contribution in [0.5, 0.6) is 0 Å². The highest BCUT2D eigenvalue weighted by Crippen LogP contribution is 2.31. The molecule has 0 spiro atoms. The van der Waals surface area contributed by atoms with Crippen LogP contribution < -0.4 is 9.62 Å². The highest BCUT2D eigenvalue weighted by atomic mass is 79.9. The second kappa shape index (κ2) is 13.7. The van der Waals surface area contributed by atoms with Gasteiger partial charge in [-0.3, -0.25) is 13.9 Å². The van der Waals surface area contributed by atoms with Gasteiger partial charge in [-0.2, -0.15) is 0 Å². The molecule has 0 radical (unpaired) electrons. The first-order chi connectivity index (χ1) is 16.8. The molecule has 7 nitrogen and oxygen atoms in total. The molecule has 1 N–H and O–H groups in total. The predicted octanol–water partition coefficient (Wildman–Crippen LogP) is 5.49. The molecule has 2 aromatic rings. The van der Waals surface area contributed by atoms with E-state index >= 15 is 0 Å². The van der Waals surface area contributed by atoms with Gasteiger partial charge in [0, 0.05) is 35.6 Å². The van der Waals surface area contributed by atoms with Crippen LogP contribution in [-0.2, 0) is 26.2 Å². The molecule has 0 aliphatic carbocycles. The molecule has 0 bridgehead atoms. The van der Waals surface area contributed by atoms with E-state index in [-0.39, 0.29) is 54.4 Å². The van der Waals surface area contributed by atoms with Crippen LogP contribution in [0.1, 0.15) is 39.2 Å². The summed E-state index contributed by atoms with van der Waals surface area (Å²) in [6.07, 6.45) is 1.35. The van der Waals surface area contributed by atoms with Gasteiger partial charge in [-0.15, -0.1) is 0 Å². The molecular formula is C25H32BrCl2N3O4S. The van der Waals surface area contributed by atoms with Gasteiger partial charge in [-0.1, -0.05) is 65.1 Å². The van der Waals surface area contributed by atoms with Gasteiger partial charge < -0.3 is 10.2 Å². The summed E-state index contributed by atoms with van der Waals surface area (Å²) in [5.74, 6) is -0.217. The summed E-state index contributed by atoms with van der Waals surface area (Å²) in [5, 5.41) is 3.47. The number of rotatable bonds is 12. The normalized spacial score (nSPS) is 12.3. The highest BCUT2D eigenvalue weighted by Gasteiger charge is 2.27. The molecule has 198 valence electrons. The summed E-state index contributed by atoms with van der Waals surface area (Å²) in [5.41, 5.74) is 1.13. The van der Waals surface area contributed by atoms with Crippen molar-refractivity contribution in [1.82, 2.24) is 10.2 Å². The first kappa shape index (κ1) is 30.4. The van der Waals surface area contributed by atoms with E-state index in [0.29, 0.717) is 11.6 Å². The summed E-state index contributed by atoms with van der Waals surface area (Å²) in [4.78, 5) is 27.6. The van der Waals surface area contributed by atoms with Gasteiger partial charge in [0.15, 0.2) is 0 Å². The number of amides is 2. The third-order valence-electron chi connectivity index (χ3n) is 5.45. The summed E-state index contributed by atoms with van der Waals surface area (Å²) in [7, 11) is -3.68. The predicted molar refractivity (Wildman–Crippen MR) is 150 cm³/mol. The zero-order valence-electron chi connectivity index (χ0n) is 20.8. The molecule has 0 fully saturated rings. The van der Waals surface area contributed by atoms with Gasteiger partial charge in [-0.25, -0.2) is 8.42 Å². The smallest absolute Gasteiger partial charge is 0.242 e. The third kappa shape index (κ3) is 9.25. The molecule has 2 rings (SSSR count). The fraction of sp³-hybridized carbons (Fsp3) is 0.440. The fourth-order valence-corrected chi connectivity index (χ4v) is 5.15. The molecule has 0 saturated heterocycles. The van der Waals surface area contributed by atoms with Crippen molar-refractivity contribution in [2.24, 2.45) is 5.92 Å². The minimum atomic E-state index is -3.68. The molecule has 0 heterocycles. The van der Waals surface area contributed by atoms with Crippen molar-refractivity contribution < 1.29 is 18.0 Å². The van der Waals surface area contributed by atoms with Gasteiger partial charge in [0.2, 0.25) is 21.8 Å². The number of sulfonamides is 1. The molecule has 2 amide bonds. The van der Waals surface area contributed by atoms with Crippen molar-refractivity contribution in [3.8, 4) is 0 Å². The molecule has 11 heteroatoms. The molecule has 0 aromatic heterocycles. The molecule has 0 saturated carbocycles. The molecule has 0 aliphatic heterocycles.